The molecule has 0 radical (unpaired) electrons. The van der Waals surface area contributed by atoms with Crippen LogP contribution in [0.25, 0.3) is 11.5 Å². The van der Waals surface area contributed by atoms with Gasteiger partial charge in [0.1, 0.15) is 0 Å². The smallest absolute Gasteiger partial charge is 0.247 e. The Kier molecular flexibility index (Phi) is 5.05. The van der Waals surface area contributed by atoms with Crippen LogP contribution >= 0.6 is 11.6 Å². The first-order valence-corrected chi connectivity index (χ1v) is 9.49. The van der Waals surface area contributed by atoms with Gasteiger partial charge < -0.3 is 4.42 Å². The maximum absolute atomic E-state index is 5.94. The van der Waals surface area contributed by atoms with E-state index in [0.717, 1.165) is 18.5 Å². The Labute approximate surface area is 158 Å². The minimum absolute atomic E-state index is 0.541. The number of nitrogens with zero attached hydrogens (tertiary/aromatic N) is 3. The largest absolute Gasteiger partial charge is 0.419 e. The summed E-state index contributed by atoms with van der Waals surface area (Å²) in [5.41, 5.74) is 3.59. The summed E-state index contributed by atoms with van der Waals surface area (Å²) in [6.45, 7) is 3.77. The number of hydrogen-bond donors (Lipinski definition) is 0. The molecule has 0 N–H and O–H groups in total. The van der Waals surface area contributed by atoms with E-state index in [1.807, 2.05) is 24.3 Å². The molecular formula is C21H22ClN3O. The highest BCUT2D eigenvalue weighted by atomic mass is 35.5. The molecule has 1 heterocycles. The van der Waals surface area contributed by atoms with Crippen molar-refractivity contribution < 1.29 is 4.42 Å². The zero-order valence-corrected chi connectivity index (χ0v) is 15.6. The third kappa shape index (κ3) is 4.14. The van der Waals surface area contributed by atoms with Gasteiger partial charge in [-0.1, -0.05) is 42.8 Å². The standard InChI is InChI=1S/C21H22ClN3O/c1-2-15-3-5-16(6-4-15)13-25(19-11-12-19)14-20-23-24-21(26-20)17-7-9-18(22)10-8-17/h3-10,19H,2,11-14H2,1H3. The van der Waals surface area contributed by atoms with Crippen molar-refractivity contribution in [1.82, 2.24) is 15.1 Å². The molecule has 0 bridgehead atoms. The van der Waals surface area contributed by atoms with E-state index >= 15 is 0 Å². The Morgan fingerprint density at radius 2 is 1.65 bits per heavy atom. The molecule has 0 aliphatic heterocycles. The van der Waals surface area contributed by atoms with Crippen LogP contribution in [0.1, 0.15) is 36.8 Å². The predicted molar refractivity (Wildman–Crippen MR) is 103 cm³/mol. The molecule has 4 rings (SSSR count). The van der Waals surface area contributed by atoms with Crippen LogP contribution in [0.3, 0.4) is 0 Å². The van der Waals surface area contributed by atoms with Crippen molar-refractivity contribution in [1.29, 1.82) is 0 Å². The average molecular weight is 368 g/mol. The lowest BCUT2D eigenvalue weighted by atomic mass is 10.1. The van der Waals surface area contributed by atoms with Gasteiger partial charge in [-0.2, -0.15) is 0 Å². The Morgan fingerprint density at radius 3 is 2.31 bits per heavy atom. The Hall–Kier alpha value is -2.17. The van der Waals surface area contributed by atoms with E-state index in [-0.39, 0.29) is 0 Å². The van der Waals surface area contributed by atoms with E-state index in [1.54, 1.807) is 0 Å². The number of aryl methyl sites for hydroxylation is 1. The average Bonchev–Trinajstić information content (AvgIpc) is 3.42. The van der Waals surface area contributed by atoms with Crippen molar-refractivity contribution in [2.45, 2.75) is 45.3 Å². The lowest BCUT2D eigenvalue weighted by Gasteiger charge is -2.20. The first-order valence-electron chi connectivity index (χ1n) is 9.11. The molecule has 0 spiro atoms. The summed E-state index contributed by atoms with van der Waals surface area (Å²) in [4.78, 5) is 2.43. The molecule has 1 saturated carbocycles. The zero-order valence-electron chi connectivity index (χ0n) is 14.9. The van der Waals surface area contributed by atoms with E-state index in [2.05, 4.69) is 46.3 Å². The van der Waals surface area contributed by atoms with E-state index < -0.39 is 0 Å². The Balaban J connectivity index is 1.46. The third-order valence-electron chi connectivity index (χ3n) is 4.78. The number of halogens is 1. The van der Waals surface area contributed by atoms with Crippen LogP contribution < -0.4 is 0 Å². The molecule has 134 valence electrons. The molecule has 0 saturated heterocycles. The van der Waals surface area contributed by atoms with Gasteiger partial charge in [0.25, 0.3) is 0 Å². The zero-order chi connectivity index (χ0) is 17.9. The van der Waals surface area contributed by atoms with Gasteiger partial charge in [0.05, 0.1) is 6.54 Å². The molecular weight excluding hydrogens is 346 g/mol. The van der Waals surface area contributed by atoms with Gasteiger partial charge >= 0.3 is 0 Å². The summed E-state index contributed by atoms with van der Waals surface area (Å²) in [5.74, 6) is 1.20. The highest BCUT2D eigenvalue weighted by molar-refractivity contribution is 6.30. The molecule has 1 aromatic heterocycles. The van der Waals surface area contributed by atoms with Crippen LogP contribution in [-0.4, -0.2) is 21.1 Å². The summed E-state index contributed by atoms with van der Waals surface area (Å²) >= 11 is 5.94. The normalized spacial score (nSPS) is 14.1. The van der Waals surface area contributed by atoms with Gasteiger partial charge in [-0.05, 0) is 54.7 Å². The fraction of sp³-hybridized carbons (Fsp3) is 0.333. The van der Waals surface area contributed by atoms with Crippen molar-refractivity contribution in [3.8, 4) is 11.5 Å². The quantitative estimate of drug-likeness (QED) is 0.581. The van der Waals surface area contributed by atoms with Crippen LogP contribution in [0.4, 0.5) is 0 Å². The van der Waals surface area contributed by atoms with Gasteiger partial charge in [0.2, 0.25) is 11.8 Å². The topological polar surface area (TPSA) is 42.2 Å². The molecule has 5 heteroatoms. The fourth-order valence-electron chi connectivity index (χ4n) is 3.07. The van der Waals surface area contributed by atoms with Crippen LogP contribution in [-0.2, 0) is 19.5 Å². The van der Waals surface area contributed by atoms with Gasteiger partial charge in [-0.25, -0.2) is 0 Å². The summed E-state index contributed by atoms with van der Waals surface area (Å²) < 4.78 is 5.89. The van der Waals surface area contributed by atoms with Crippen LogP contribution in [0.5, 0.6) is 0 Å². The molecule has 0 unspecified atom stereocenters. The van der Waals surface area contributed by atoms with Gasteiger partial charge in [-0.3, -0.25) is 4.90 Å². The van der Waals surface area contributed by atoms with E-state index in [4.69, 9.17) is 16.0 Å². The SMILES string of the molecule is CCc1ccc(CN(Cc2nnc(-c3ccc(Cl)cc3)o2)C2CC2)cc1. The first kappa shape index (κ1) is 17.3. The second kappa shape index (κ2) is 7.60. The molecule has 0 atom stereocenters. The molecule has 3 aromatic rings. The fourth-order valence-corrected chi connectivity index (χ4v) is 3.20. The summed E-state index contributed by atoms with van der Waals surface area (Å²) in [6, 6.07) is 16.9. The molecule has 4 nitrogen and oxygen atoms in total. The summed E-state index contributed by atoms with van der Waals surface area (Å²) in [6.07, 6.45) is 3.55. The predicted octanol–water partition coefficient (Wildman–Crippen LogP) is 5.12. The van der Waals surface area contributed by atoms with Gasteiger partial charge in [-0.15, -0.1) is 10.2 Å². The molecule has 1 fully saturated rings. The first-order chi connectivity index (χ1) is 12.7. The maximum Gasteiger partial charge on any atom is 0.247 e. The molecule has 0 amide bonds. The lowest BCUT2D eigenvalue weighted by molar-refractivity contribution is 0.221. The van der Waals surface area contributed by atoms with E-state index in [9.17, 15) is 0 Å². The van der Waals surface area contributed by atoms with Gasteiger partial charge in [0.15, 0.2) is 0 Å². The number of rotatable bonds is 7. The number of hydrogen-bond acceptors (Lipinski definition) is 4. The van der Waals surface area contributed by atoms with Crippen LogP contribution in [0.15, 0.2) is 52.9 Å². The molecule has 2 aromatic carbocycles. The van der Waals surface area contributed by atoms with Crippen LogP contribution in [0, 0.1) is 0 Å². The maximum atomic E-state index is 5.94. The molecule has 26 heavy (non-hydrogen) atoms. The number of benzene rings is 2. The Morgan fingerprint density at radius 1 is 0.962 bits per heavy atom. The van der Waals surface area contributed by atoms with Crippen molar-refractivity contribution in [2.75, 3.05) is 0 Å². The van der Waals surface area contributed by atoms with Crippen LogP contribution in [0.2, 0.25) is 5.02 Å². The van der Waals surface area contributed by atoms with Crippen molar-refractivity contribution in [2.24, 2.45) is 0 Å². The summed E-state index contributed by atoms with van der Waals surface area (Å²) in [7, 11) is 0. The third-order valence-corrected chi connectivity index (χ3v) is 5.03. The second-order valence-corrected chi connectivity index (χ2v) is 7.25. The lowest BCUT2D eigenvalue weighted by Crippen LogP contribution is -2.25. The second-order valence-electron chi connectivity index (χ2n) is 6.81. The molecule has 1 aliphatic rings. The monoisotopic (exact) mass is 367 g/mol. The minimum atomic E-state index is 0.541. The van der Waals surface area contributed by atoms with Gasteiger partial charge in [0, 0.05) is 23.2 Å². The summed E-state index contributed by atoms with van der Waals surface area (Å²) in [5, 5.41) is 9.13. The molecule has 1 aliphatic carbocycles. The highest BCUT2D eigenvalue weighted by Gasteiger charge is 2.30. The van der Waals surface area contributed by atoms with Crippen molar-refractivity contribution in [3.63, 3.8) is 0 Å². The van der Waals surface area contributed by atoms with Crippen molar-refractivity contribution >= 4 is 11.6 Å². The highest BCUT2D eigenvalue weighted by Crippen LogP contribution is 2.30. The van der Waals surface area contributed by atoms with E-state index in [0.29, 0.717) is 29.4 Å². The minimum Gasteiger partial charge on any atom is -0.419 e. The van der Waals surface area contributed by atoms with E-state index in [1.165, 1.54) is 24.0 Å². The number of aromatic nitrogens is 2. The Bertz CT molecular complexity index is 854. The van der Waals surface area contributed by atoms with Crippen molar-refractivity contribution in [3.05, 3.63) is 70.6 Å².